The number of hydrogen-bond donors (Lipinski definition) is 2. The molecule has 1 fully saturated rings. The van der Waals surface area contributed by atoms with Crippen LogP contribution in [0.15, 0.2) is 54.6 Å². The second-order valence-corrected chi connectivity index (χ2v) is 7.14. The summed E-state index contributed by atoms with van der Waals surface area (Å²) in [7, 11) is 3.27. The molecule has 0 amide bonds. The molecule has 3 aromatic rings. The van der Waals surface area contributed by atoms with Gasteiger partial charge in [0.2, 0.25) is 5.95 Å². The van der Waals surface area contributed by atoms with Gasteiger partial charge in [0.1, 0.15) is 17.3 Å². The number of aromatic nitrogens is 2. The molecule has 0 spiro atoms. The van der Waals surface area contributed by atoms with Crippen molar-refractivity contribution in [2.24, 2.45) is 0 Å². The van der Waals surface area contributed by atoms with Crippen molar-refractivity contribution >= 4 is 17.5 Å². The molecule has 6 nitrogen and oxygen atoms in total. The minimum atomic E-state index is 0.469. The Morgan fingerprint density at radius 3 is 2.41 bits per heavy atom. The molecule has 0 atom stereocenters. The summed E-state index contributed by atoms with van der Waals surface area (Å²) >= 11 is 0. The molecule has 0 aliphatic heterocycles. The summed E-state index contributed by atoms with van der Waals surface area (Å²) in [6, 6.07) is 18.2. The Morgan fingerprint density at radius 1 is 0.897 bits per heavy atom. The fraction of sp³-hybridized carbons (Fsp3) is 0.304. The van der Waals surface area contributed by atoms with Gasteiger partial charge in [0, 0.05) is 23.7 Å². The lowest BCUT2D eigenvalue weighted by Gasteiger charge is -2.16. The first kappa shape index (κ1) is 19.1. The average Bonchev–Trinajstić information content (AvgIpc) is 3.27. The predicted octanol–water partition coefficient (Wildman–Crippen LogP) is 5.26. The van der Waals surface area contributed by atoms with Crippen LogP contribution in [0, 0.1) is 0 Å². The molecular weight excluding hydrogens is 364 g/mol. The zero-order valence-electron chi connectivity index (χ0n) is 16.8. The second kappa shape index (κ2) is 8.82. The molecule has 4 rings (SSSR count). The summed E-state index contributed by atoms with van der Waals surface area (Å²) in [6.45, 7) is 0. The Bertz CT molecular complexity index is 956. The number of hydrogen-bond acceptors (Lipinski definition) is 6. The summed E-state index contributed by atoms with van der Waals surface area (Å²) < 4.78 is 10.8. The Balaban J connectivity index is 1.68. The third kappa shape index (κ3) is 4.59. The van der Waals surface area contributed by atoms with Crippen LogP contribution >= 0.6 is 0 Å². The van der Waals surface area contributed by atoms with E-state index in [2.05, 4.69) is 22.8 Å². The van der Waals surface area contributed by atoms with Gasteiger partial charge in [0.25, 0.3) is 0 Å². The lowest BCUT2D eigenvalue weighted by Crippen LogP contribution is -2.16. The van der Waals surface area contributed by atoms with Crippen LogP contribution < -0.4 is 20.1 Å². The summed E-state index contributed by atoms with van der Waals surface area (Å²) in [5.41, 5.74) is 2.70. The van der Waals surface area contributed by atoms with Crippen LogP contribution in [0.2, 0.25) is 0 Å². The zero-order valence-corrected chi connectivity index (χ0v) is 16.8. The van der Waals surface area contributed by atoms with E-state index in [9.17, 15) is 0 Å². The molecule has 6 heteroatoms. The first-order chi connectivity index (χ1) is 14.2. The van der Waals surface area contributed by atoms with E-state index in [1.165, 1.54) is 25.7 Å². The van der Waals surface area contributed by atoms with E-state index < -0.39 is 0 Å². The van der Waals surface area contributed by atoms with Crippen molar-refractivity contribution < 1.29 is 9.47 Å². The van der Waals surface area contributed by atoms with Gasteiger partial charge in [0.05, 0.1) is 25.6 Å². The number of benzene rings is 2. The van der Waals surface area contributed by atoms with E-state index in [0.29, 0.717) is 17.7 Å². The minimum Gasteiger partial charge on any atom is -0.497 e. The van der Waals surface area contributed by atoms with Crippen LogP contribution in [0.1, 0.15) is 25.7 Å². The standard InChI is InChI=1S/C23H26N4O2/c1-28-18-12-13-19(21(14-18)29-2)25-23-26-20(16-8-4-3-5-9-16)15-22(27-23)24-17-10-6-7-11-17/h3-5,8-9,12-15,17H,6-7,10-11H2,1-2H3,(H2,24,25,26,27). The number of ether oxygens (including phenoxy) is 2. The van der Waals surface area contributed by atoms with Gasteiger partial charge in [-0.05, 0) is 25.0 Å². The lowest BCUT2D eigenvalue weighted by molar-refractivity contribution is 0.395. The third-order valence-corrected chi connectivity index (χ3v) is 5.16. The van der Waals surface area contributed by atoms with Crippen molar-refractivity contribution in [1.29, 1.82) is 0 Å². The summed E-state index contributed by atoms with van der Waals surface area (Å²) in [4.78, 5) is 9.46. The van der Waals surface area contributed by atoms with Crippen molar-refractivity contribution in [3.63, 3.8) is 0 Å². The molecule has 1 aliphatic carbocycles. The molecule has 1 saturated carbocycles. The van der Waals surface area contributed by atoms with Crippen molar-refractivity contribution in [3.05, 3.63) is 54.6 Å². The maximum absolute atomic E-state index is 5.50. The first-order valence-corrected chi connectivity index (χ1v) is 9.95. The predicted molar refractivity (Wildman–Crippen MR) is 116 cm³/mol. The Labute approximate surface area is 171 Å². The van der Waals surface area contributed by atoms with Crippen LogP contribution in [0.4, 0.5) is 17.5 Å². The highest BCUT2D eigenvalue weighted by molar-refractivity contribution is 5.69. The second-order valence-electron chi connectivity index (χ2n) is 7.14. The van der Waals surface area contributed by atoms with Crippen LogP contribution in [0.5, 0.6) is 11.5 Å². The van der Waals surface area contributed by atoms with Crippen molar-refractivity contribution in [1.82, 2.24) is 9.97 Å². The van der Waals surface area contributed by atoms with Gasteiger partial charge in [-0.15, -0.1) is 0 Å². The number of anilines is 3. The van der Waals surface area contributed by atoms with Gasteiger partial charge in [0.15, 0.2) is 0 Å². The lowest BCUT2D eigenvalue weighted by atomic mass is 10.1. The van der Waals surface area contributed by atoms with Gasteiger partial charge in [-0.25, -0.2) is 4.98 Å². The van der Waals surface area contributed by atoms with E-state index in [1.807, 2.05) is 42.5 Å². The topological polar surface area (TPSA) is 68.3 Å². The first-order valence-electron chi connectivity index (χ1n) is 9.95. The smallest absolute Gasteiger partial charge is 0.229 e. The summed E-state index contributed by atoms with van der Waals surface area (Å²) in [5.74, 6) is 2.76. The van der Waals surface area contributed by atoms with E-state index >= 15 is 0 Å². The molecule has 1 aliphatic rings. The van der Waals surface area contributed by atoms with Gasteiger partial charge < -0.3 is 20.1 Å². The van der Waals surface area contributed by atoms with Gasteiger partial charge >= 0.3 is 0 Å². The molecule has 150 valence electrons. The van der Waals surface area contributed by atoms with Gasteiger partial charge in [-0.2, -0.15) is 4.98 Å². The highest BCUT2D eigenvalue weighted by atomic mass is 16.5. The molecule has 0 saturated heterocycles. The Kier molecular flexibility index (Phi) is 5.79. The Hall–Kier alpha value is -3.28. The van der Waals surface area contributed by atoms with Gasteiger partial charge in [-0.1, -0.05) is 43.2 Å². The molecule has 0 radical (unpaired) electrons. The van der Waals surface area contributed by atoms with E-state index in [1.54, 1.807) is 14.2 Å². The molecule has 29 heavy (non-hydrogen) atoms. The van der Waals surface area contributed by atoms with Crippen LogP contribution in [0.25, 0.3) is 11.3 Å². The van der Waals surface area contributed by atoms with Crippen LogP contribution in [0.3, 0.4) is 0 Å². The Morgan fingerprint density at radius 2 is 1.69 bits per heavy atom. The minimum absolute atomic E-state index is 0.469. The fourth-order valence-electron chi connectivity index (χ4n) is 3.64. The molecule has 1 aromatic heterocycles. The maximum atomic E-state index is 5.50. The van der Waals surface area contributed by atoms with Crippen molar-refractivity contribution in [2.75, 3.05) is 24.9 Å². The highest BCUT2D eigenvalue weighted by Gasteiger charge is 2.17. The van der Waals surface area contributed by atoms with Crippen molar-refractivity contribution in [3.8, 4) is 22.8 Å². The van der Waals surface area contributed by atoms with Crippen LogP contribution in [-0.2, 0) is 0 Å². The highest BCUT2D eigenvalue weighted by Crippen LogP contribution is 2.32. The van der Waals surface area contributed by atoms with E-state index in [-0.39, 0.29) is 0 Å². The van der Waals surface area contributed by atoms with Crippen LogP contribution in [-0.4, -0.2) is 30.2 Å². The quantitative estimate of drug-likeness (QED) is 0.574. The molecule has 0 unspecified atom stereocenters. The third-order valence-electron chi connectivity index (χ3n) is 5.16. The monoisotopic (exact) mass is 390 g/mol. The molecule has 0 bridgehead atoms. The number of methoxy groups -OCH3 is 2. The molecule has 1 heterocycles. The van der Waals surface area contributed by atoms with Gasteiger partial charge in [-0.3, -0.25) is 0 Å². The normalized spacial score (nSPS) is 13.9. The largest absolute Gasteiger partial charge is 0.497 e. The van der Waals surface area contributed by atoms with Crippen molar-refractivity contribution in [2.45, 2.75) is 31.7 Å². The van der Waals surface area contributed by atoms with E-state index in [0.717, 1.165) is 28.5 Å². The SMILES string of the molecule is COc1ccc(Nc2nc(NC3CCCC3)cc(-c3ccccc3)n2)c(OC)c1. The number of rotatable bonds is 7. The average molecular weight is 390 g/mol. The fourth-order valence-corrected chi connectivity index (χ4v) is 3.64. The number of nitrogens with zero attached hydrogens (tertiary/aromatic N) is 2. The summed E-state index contributed by atoms with van der Waals surface area (Å²) in [6.07, 6.45) is 4.89. The number of nitrogens with one attached hydrogen (secondary N) is 2. The molecular formula is C23H26N4O2. The molecule has 2 aromatic carbocycles. The van der Waals surface area contributed by atoms with E-state index in [4.69, 9.17) is 19.4 Å². The maximum Gasteiger partial charge on any atom is 0.229 e. The zero-order chi connectivity index (χ0) is 20.1. The summed E-state index contributed by atoms with van der Waals surface area (Å²) in [5, 5.41) is 6.89. The molecule has 2 N–H and O–H groups in total.